The van der Waals surface area contributed by atoms with E-state index in [0.717, 1.165) is 0 Å². The zero-order chi connectivity index (χ0) is 3.41. The number of rotatable bonds is 1. The zero-order valence-electron chi connectivity index (χ0n) is 3.20. The molecule has 0 aliphatic carbocycles. The number of hydrogen-bond acceptors (Lipinski definition) is 0. The Labute approximate surface area is 45.5 Å². The summed E-state index contributed by atoms with van der Waals surface area (Å²) in [5.74, 6) is 0. The fourth-order valence-corrected chi connectivity index (χ4v) is 0. The third-order valence-electron chi connectivity index (χ3n) is 0.189. The quantitative estimate of drug-likeness (QED) is 0.438. The molecule has 0 spiro atoms. The molecule has 0 nitrogen and oxygen atoms in total. The monoisotopic (exact) mass is 190 g/mol. The van der Waals surface area contributed by atoms with Gasteiger partial charge in [0.1, 0.15) is 0 Å². The molecule has 0 heterocycles. The Bertz CT molecular complexity index is 8.85. The third-order valence-corrected chi connectivity index (χ3v) is 1.27. The lowest BCUT2D eigenvalue weighted by atomic mass is 10.6. The molecule has 2 heteroatoms. The first-order valence-electron chi connectivity index (χ1n) is 1.47. The van der Waals surface area contributed by atoms with Crippen molar-refractivity contribution in [3.63, 3.8) is 0 Å². The van der Waals surface area contributed by atoms with Gasteiger partial charge in [0.25, 0.3) is 0 Å². The summed E-state index contributed by atoms with van der Waals surface area (Å²) >= 11 is 2.35. The second-order valence-electron chi connectivity index (χ2n) is 0.689. The summed E-state index contributed by atoms with van der Waals surface area (Å²) in [5, 5.41) is 0. The predicted molar refractivity (Wildman–Crippen MR) is 31.7 cm³/mol. The molecule has 0 rings (SSSR count). The van der Waals surface area contributed by atoms with E-state index in [2.05, 4.69) is 29.5 Å². The first-order valence-corrected chi connectivity index (χ1v) is 3.00. The van der Waals surface area contributed by atoms with Crippen LogP contribution in [0.4, 0.5) is 4.70 Å². The van der Waals surface area contributed by atoms with E-state index in [1.807, 2.05) is 0 Å². The Kier molecular flexibility index (Phi) is 16.2. The lowest BCUT2D eigenvalue weighted by Gasteiger charge is -1.66. The lowest BCUT2D eigenvalue weighted by Crippen LogP contribution is -1.54. The molecular formula is C3H8FI. The van der Waals surface area contributed by atoms with E-state index >= 15 is 0 Å². The van der Waals surface area contributed by atoms with Crippen LogP contribution in [0.1, 0.15) is 13.3 Å². The number of alkyl halides is 1. The van der Waals surface area contributed by atoms with Crippen molar-refractivity contribution in [3.8, 4) is 0 Å². The van der Waals surface area contributed by atoms with Gasteiger partial charge in [0.05, 0.1) is 0 Å². The molecule has 0 N–H and O–H groups in total. The predicted octanol–water partition coefficient (Wildman–Crippen LogP) is 1.98. The van der Waals surface area contributed by atoms with Crippen molar-refractivity contribution in [1.29, 1.82) is 0 Å². The van der Waals surface area contributed by atoms with E-state index in [9.17, 15) is 0 Å². The van der Waals surface area contributed by atoms with Crippen molar-refractivity contribution in [1.82, 2.24) is 0 Å². The molecule has 0 fully saturated rings. The van der Waals surface area contributed by atoms with E-state index in [-0.39, 0.29) is 4.70 Å². The van der Waals surface area contributed by atoms with Crippen LogP contribution in [-0.4, -0.2) is 4.43 Å². The van der Waals surface area contributed by atoms with Gasteiger partial charge < -0.3 is 0 Å². The molecule has 0 amide bonds. The number of halogens is 2. The Morgan fingerprint density at radius 3 is 1.80 bits per heavy atom. The maximum Gasteiger partial charge on any atom is -0.000735 e. The second kappa shape index (κ2) is 8.82. The molecule has 0 bridgehead atoms. The minimum Gasteiger partial charge on any atom is -0.269 e. The van der Waals surface area contributed by atoms with Crippen molar-refractivity contribution in [2.24, 2.45) is 0 Å². The van der Waals surface area contributed by atoms with Crippen molar-refractivity contribution in [2.45, 2.75) is 13.3 Å². The van der Waals surface area contributed by atoms with Gasteiger partial charge in [-0.1, -0.05) is 29.5 Å². The lowest BCUT2D eigenvalue weighted by molar-refractivity contribution is 1.11. The standard InChI is InChI=1S/C3H7I.FH/c1-2-3-4;/h2-3H2,1H3;1H. The molecule has 0 radical (unpaired) electrons. The summed E-state index contributed by atoms with van der Waals surface area (Å²) in [7, 11) is 0. The van der Waals surface area contributed by atoms with Gasteiger partial charge in [-0.2, -0.15) is 0 Å². The molecular weight excluding hydrogens is 182 g/mol. The van der Waals surface area contributed by atoms with Gasteiger partial charge >= 0.3 is 0 Å². The Balaban J connectivity index is 0. The average molecular weight is 190 g/mol. The highest BCUT2D eigenvalue weighted by Crippen LogP contribution is 1.81. The maximum atomic E-state index is 2.35. The summed E-state index contributed by atoms with van der Waals surface area (Å²) in [6.45, 7) is 2.17. The van der Waals surface area contributed by atoms with Crippen molar-refractivity contribution >= 4 is 22.6 Å². The second-order valence-corrected chi connectivity index (χ2v) is 1.77. The highest BCUT2D eigenvalue weighted by molar-refractivity contribution is 14.1. The molecule has 0 unspecified atom stereocenters. The van der Waals surface area contributed by atoms with E-state index in [0.29, 0.717) is 0 Å². The van der Waals surface area contributed by atoms with Crippen molar-refractivity contribution in [2.75, 3.05) is 4.43 Å². The Hall–Kier alpha value is 0.660. The van der Waals surface area contributed by atoms with Crippen LogP contribution in [0, 0.1) is 0 Å². The number of hydrogen-bond donors (Lipinski definition) is 0. The van der Waals surface area contributed by atoms with Gasteiger partial charge in [0, 0.05) is 0 Å². The van der Waals surface area contributed by atoms with Gasteiger partial charge in [-0.3, -0.25) is 4.70 Å². The fraction of sp³-hybridized carbons (Fsp3) is 1.00. The van der Waals surface area contributed by atoms with Gasteiger partial charge in [-0.05, 0) is 10.8 Å². The van der Waals surface area contributed by atoms with E-state index < -0.39 is 0 Å². The van der Waals surface area contributed by atoms with Crippen LogP contribution >= 0.6 is 22.6 Å². The molecule has 34 valence electrons. The van der Waals surface area contributed by atoms with E-state index in [4.69, 9.17) is 0 Å². The van der Waals surface area contributed by atoms with Crippen LogP contribution < -0.4 is 0 Å². The van der Waals surface area contributed by atoms with Gasteiger partial charge in [0.2, 0.25) is 0 Å². The van der Waals surface area contributed by atoms with E-state index in [1.165, 1.54) is 10.8 Å². The summed E-state index contributed by atoms with van der Waals surface area (Å²) in [4.78, 5) is 0. The molecule has 0 saturated carbocycles. The summed E-state index contributed by atoms with van der Waals surface area (Å²) in [6, 6.07) is 0. The summed E-state index contributed by atoms with van der Waals surface area (Å²) in [6.07, 6.45) is 1.31. The minimum atomic E-state index is 0. The minimum absolute atomic E-state index is 0. The van der Waals surface area contributed by atoms with Crippen LogP contribution in [0.5, 0.6) is 0 Å². The first kappa shape index (κ1) is 9.18. The van der Waals surface area contributed by atoms with Crippen LogP contribution in [0.3, 0.4) is 0 Å². The highest BCUT2D eigenvalue weighted by Gasteiger charge is 1.58. The van der Waals surface area contributed by atoms with Gasteiger partial charge in [0.15, 0.2) is 0 Å². The average Bonchev–Trinajstić information content (AvgIpc) is 1.37. The molecule has 0 aromatic carbocycles. The molecule has 0 aliphatic heterocycles. The van der Waals surface area contributed by atoms with Gasteiger partial charge in [-0.15, -0.1) is 0 Å². The molecule has 5 heavy (non-hydrogen) atoms. The van der Waals surface area contributed by atoms with Crippen LogP contribution in [0.25, 0.3) is 0 Å². The molecule has 0 aliphatic rings. The topological polar surface area (TPSA) is 0 Å². The first-order chi connectivity index (χ1) is 1.91. The van der Waals surface area contributed by atoms with Crippen molar-refractivity contribution in [3.05, 3.63) is 0 Å². The van der Waals surface area contributed by atoms with Crippen molar-refractivity contribution < 1.29 is 4.70 Å². The third kappa shape index (κ3) is 12.0. The molecule has 0 aromatic rings. The van der Waals surface area contributed by atoms with Crippen LogP contribution in [0.2, 0.25) is 0 Å². The molecule has 0 aromatic heterocycles. The largest absolute Gasteiger partial charge is 0.269 e. The van der Waals surface area contributed by atoms with Crippen LogP contribution in [0.15, 0.2) is 0 Å². The zero-order valence-corrected chi connectivity index (χ0v) is 5.36. The smallest absolute Gasteiger partial charge is 0.000735 e. The summed E-state index contributed by atoms with van der Waals surface area (Å²) < 4.78 is 1.29. The molecule has 0 atom stereocenters. The maximum absolute atomic E-state index is 2.35. The normalized spacial score (nSPS) is 6.00. The van der Waals surface area contributed by atoms with Gasteiger partial charge in [-0.25, -0.2) is 0 Å². The fourth-order valence-electron chi connectivity index (χ4n) is 0. The summed E-state index contributed by atoms with van der Waals surface area (Å²) in [5.41, 5.74) is 0. The van der Waals surface area contributed by atoms with Crippen LogP contribution in [-0.2, 0) is 0 Å². The molecule has 0 saturated heterocycles. The highest BCUT2D eigenvalue weighted by atomic mass is 127. The Morgan fingerprint density at radius 1 is 1.60 bits per heavy atom. The van der Waals surface area contributed by atoms with E-state index in [1.54, 1.807) is 0 Å². The Morgan fingerprint density at radius 2 is 1.80 bits per heavy atom. The SMILES string of the molecule is CCCI.F.